The van der Waals surface area contributed by atoms with Gasteiger partial charge in [0.25, 0.3) is 0 Å². The first-order chi connectivity index (χ1) is 8.65. The van der Waals surface area contributed by atoms with Crippen LogP contribution in [-0.4, -0.2) is 41.9 Å². The minimum Gasteiger partial charge on any atom is -0.354 e. The molecule has 0 aliphatic carbocycles. The van der Waals surface area contributed by atoms with Gasteiger partial charge >= 0.3 is 0 Å². The van der Waals surface area contributed by atoms with Crippen LogP contribution in [0.3, 0.4) is 0 Å². The van der Waals surface area contributed by atoms with Crippen LogP contribution in [0.1, 0.15) is 39.0 Å². The third kappa shape index (κ3) is 2.51. The van der Waals surface area contributed by atoms with Crippen LogP contribution < -0.4 is 11.1 Å². The van der Waals surface area contributed by atoms with E-state index in [2.05, 4.69) is 12.2 Å². The van der Waals surface area contributed by atoms with Gasteiger partial charge in [0.1, 0.15) is 0 Å². The summed E-state index contributed by atoms with van der Waals surface area (Å²) < 4.78 is 0. The van der Waals surface area contributed by atoms with Gasteiger partial charge in [-0.3, -0.25) is 9.59 Å². The minimum absolute atomic E-state index is 0.0129. The highest BCUT2D eigenvalue weighted by Crippen LogP contribution is 2.27. The normalized spacial score (nSPS) is 28.8. The van der Waals surface area contributed by atoms with Gasteiger partial charge < -0.3 is 16.0 Å². The van der Waals surface area contributed by atoms with E-state index in [0.29, 0.717) is 6.54 Å². The number of nitrogens with zero attached hydrogens (tertiary/aromatic N) is 1. The van der Waals surface area contributed by atoms with Crippen LogP contribution in [0.2, 0.25) is 0 Å². The molecule has 2 amide bonds. The molecule has 2 aliphatic rings. The molecule has 2 heterocycles. The third-order valence-electron chi connectivity index (χ3n) is 4.07. The van der Waals surface area contributed by atoms with E-state index >= 15 is 0 Å². The second-order valence-electron chi connectivity index (χ2n) is 5.34. The van der Waals surface area contributed by atoms with Crippen LogP contribution in [0.25, 0.3) is 0 Å². The smallest absolute Gasteiger partial charge is 0.239 e. The lowest BCUT2D eigenvalue weighted by atomic mass is 9.90. The van der Waals surface area contributed by atoms with Crippen LogP contribution in [0.4, 0.5) is 0 Å². The third-order valence-corrected chi connectivity index (χ3v) is 4.07. The summed E-state index contributed by atoms with van der Waals surface area (Å²) in [5.41, 5.74) is 5.96. The number of piperidine rings is 1. The van der Waals surface area contributed by atoms with Gasteiger partial charge in [-0.2, -0.15) is 0 Å². The molecule has 2 fully saturated rings. The number of unbranched alkanes of at least 4 members (excludes halogenated alkanes) is 1. The summed E-state index contributed by atoms with van der Waals surface area (Å²) in [6.07, 6.45) is 4.56. The van der Waals surface area contributed by atoms with Gasteiger partial charge in [0.15, 0.2) is 0 Å². The molecule has 0 aromatic carbocycles. The van der Waals surface area contributed by atoms with Gasteiger partial charge in [0.05, 0.1) is 18.0 Å². The average Bonchev–Trinajstić information content (AvgIpc) is 2.77. The molecular formula is C13H23N3O2. The topological polar surface area (TPSA) is 75.4 Å². The second kappa shape index (κ2) is 5.69. The number of hydrogen-bond acceptors (Lipinski definition) is 3. The molecule has 3 atom stereocenters. The zero-order valence-electron chi connectivity index (χ0n) is 11.0. The molecule has 2 aliphatic heterocycles. The summed E-state index contributed by atoms with van der Waals surface area (Å²) in [6.45, 7) is 3.43. The Kier molecular flexibility index (Phi) is 4.22. The summed E-state index contributed by atoms with van der Waals surface area (Å²) in [6, 6.07) is -0.370. The number of hydrogen-bond donors (Lipinski definition) is 2. The summed E-state index contributed by atoms with van der Waals surface area (Å²) in [5.74, 6) is 0.107. The maximum atomic E-state index is 12.3. The van der Waals surface area contributed by atoms with Gasteiger partial charge in [-0.25, -0.2) is 0 Å². The Morgan fingerprint density at radius 3 is 3.11 bits per heavy atom. The zero-order valence-corrected chi connectivity index (χ0v) is 11.0. The maximum Gasteiger partial charge on any atom is 0.239 e. The SMILES string of the molecule is CCCC[C@H](N)C(=O)N1CCCC2C(=O)NCC21. The first-order valence-corrected chi connectivity index (χ1v) is 6.99. The first kappa shape index (κ1) is 13.3. The highest BCUT2D eigenvalue weighted by Gasteiger charge is 2.43. The van der Waals surface area contributed by atoms with E-state index in [-0.39, 0.29) is 23.8 Å². The Morgan fingerprint density at radius 2 is 2.39 bits per heavy atom. The van der Waals surface area contributed by atoms with E-state index in [1.165, 1.54) is 0 Å². The molecule has 0 saturated carbocycles. The number of rotatable bonds is 4. The Balaban J connectivity index is 1.99. The average molecular weight is 253 g/mol. The van der Waals surface area contributed by atoms with Crippen molar-refractivity contribution in [2.45, 2.75) is 51.1 Å². The lowest BCUT2D eigenvalue weighted by Crippen LogP contribution is -2.54. The quantitative estimate of drug-likeness (QED) is 0.753. The van der Waals surface area contributed by atoms with Gasteiger partial charge in [-0.1, -0.05) is 19.8 Å². The predicted octanol–water partition coefficient (Wildman–Crippen LogP) is 0.241. The van der Waals surface area contributed by atoms with Crippen molar-refractivity contribution in [3.8, 4) is 0 Å². The molecule has 2 unspecified atom stereocenters. The van der Waals surface area contributed by atoms with Crippen molar-refractivity contribution >= 4 is 11.8 Å². The minimum atomic E-state index is -0.403. The first-order valence-electron chi connectivity index (χ1n) is 6.99. The van der Waals surface area contributed by atoms with E-state index in [0.717, 1.165) is 38.6 Å². The fourth-order valence-electron chi connectivity index (χ4n) is 2.99. The highest BCUT2D eigenvalue weighted by atomic mass is 16.2. The van der Waals surface area contributed by atoms with Gasteiger partial charge in [0.2, 0.25) is 11.8 Å². The molecule has 5 nitrogen and oxygen atoms in total. The fraction of sp³-hybridized carbons (Fsp3) is 0.846. The van der Waals surface area contributed by atoms with E-state index in [1.807, 2.05) is 4.90 Å². The second-order valence-corrected chi connectivity index (χ2v) is 5.34. The molecule has 18 heavy (non-hydrogen) atoms. The highest BCUT2D eigenvalue weighted by molar-refractivity contribution is 5.86. The summed E-state index contributed by atoms with van der Waals surface area (Å²) in [4.78, 5) is 25.8. The van der Waals surface area contributed by atoms with Crippen LogP contribution in [-0.2, 0) is 9.59 Å². The van der Waals surface area contributed by atoms with Crippen LogP contribution in [0.5, 0.6) is 0 Å². The lowest BCUT2D eigenvalue weighted by molar-refractivity contribution is -0.138. The summed E-state index contributed by atoms with van der Waals surface area (Å²) >= 11 is 0. The van der Waals surface area contributed by atoms with Crippen molar-refractivity contribution in [3.05, 3.63) is 0 Å². The molecular weight excluding hydrogens is 230 g/mol. The molecule has 0 spiro atoms. The van der Waals surface area contributed by atoms with E-state index in [4.69, 9.17) is 5.73 Å². The van der Waals surface area contributed by atoms with Crippen molar-refractivity contribution in [1.82, 2.24) is 10.2 Å². The Bertz CT molecular complexity index is 332. The maximum absolute atomic E-state index is 12.3. The Morgan fingerprint density at radius 1 is 1.61 bits per heavy atom. The summed E-state index contributed by atoms with van der Waals surface area (Å²) in [7, 11) is 0. The number of nitrogens with two attached hydrogens (primary N) is 1. The lowest BCUT2D eigenvalue weighted by Gasteiger charge is -2.37. The van der Waals surface area contributed by atoms with Crippen molar-refractivity contribution < 1.29 is 9.59 Å². The van der Waals surface area contributed by atoms with Crippen LogP contribution in [0, 0.1) is 5.92 Å². The molecule has 5 heteroatoms. The standard InChI is InChI=1S/C13H23N3O2/c1-2-3-6-10(14)13(18)16-7-4-5-9-11(16)8-15-12(9)17/h9-11H,2-8,14H2,1H3,(H,15,17)/t9?,10-,11?/m0/s1. The van der Waals surface area contributed by atoms with Crippen molar-refractivity contribution in [2.24, 2.45) is 11.7 Å². The molecule has 0 aromatic heterocycles. The number of nitrogens with one attached hydrogen (secondary N) is 1. The number of fused-ring (bicyclic) bond motifs is 1. The number of likely N-dealkylation sites (tertiary alicyclic amines) is 1. The molecule has 0 radical (unpaired) electrons. The largest absolute Gasteiger partial charge is 0.354 e. The molecule has 3 N–H and O–H groups in total. The van der Waals surface area contributed by atoms with Crippen molar-refractivity contribution in [3.63, 3.8) is 0 Å². The molecule has 2 rings (SSSR count). The van der Waals surface area contributed by atoms with Crippen molar-refractivity contribution in [1.29, 1.82) is 0 Å². The van der Waals surface area contributed by atoms with Gasteiger partial charge in [0, 0.05) is 13.1 Å². The van der Waals surface area contributed by atoms with E-state index in [9.17, 15) is 9.59 Å². The van der Waals surface area contributed by atoms with Gasteiger partial charge in [-0.15, -0.1) is 0 Å². The zero-order chi connectivity index (χ0) is 13.1. The fourth-order valence-corrected chi connectivity index (χ4v) is 2.99. The predicted molar refractivity (Wildman–Crippen MR) is 68.7 cm³/mol. The van der Waals surface area contributed by atoms with Crippen LogP contribution >= 0.6 is 0 Å². The molecule has 2 saturated heterocycles. The monoisotopic (exact) mass is 253 g/mol. The summed E-state index contributed by atoms with van der Waals surface area (Å²) in [5, 5.41) is 2.85. The molecule has 0 aromatic rings. The van der Waals surface area contributed by atoms with Gasteiger partial charge in [-0.05, 0) is 19.3 Å². The number of amides is 2. The van der Waals surface area contributed by atoms with Crippen LogP contribution in [0.15, 0.2) is 0 Å². The van der Waals surface area contributed by atoms with E-state index in [1.54, 1.807) is 0 Å². The Labute approximate surface area is 108 Å². The Hall–Kier alpha value is -1.10. The number of carbonyl (C=O) groups excluding carboxylic acids is 2. The molecule has 0 bridgehead atoms. The number of carbonyl (C=O) groups is 2. The molecule has 102 valence electrons. The van der Waals surface area contributed by atoms with Crippen molar-refractivity contribution in [2.75, 3.05) is 13.1 Å². The van der Waals surface area contributed by atoms with E-state index < -0.39 is 6.04 Å².